The molecule has 26 heavy (non-hydrogen) atoms. The molecule has 8 heteroatoms. The fourth-order valence-electron chi connectivity index (χ4n) is 4.60. The molecule has 0 aromatic heterocycles. The predicted octanol–water partition coefficient (Wildman–Crippen LogP) is -0.132. The lowest BCUT2D eigenvalue weighted by atomic mass is 9.89. The van der Waals surface area contributed by atoms with E-state index in [2.05, 4.69) is 26.5 Å². The van der Waals surface area contributed by atoms with Crippen molar-refractivity contribution in [3.05, 3.63) is 0 Å². The van der Waals surface area contributed by atoms with Crippen molar-refractivity contribution in [2.75, 3.05) is 26.2 Å². The van der Waals surface area contributed by atoms with E-state index in [-0.39, 0.29) is 36.4 Å². The molecule has 3 saturated heterocycles. The van der Waals surface area contributed by atoms with E-state index in [1.54, 1.807) is 0 Å². The zero-order valence-electron chi connectivity index (χ0n) is 15.7. The average Bonchev–Trinajstić information content (AvgIpc) is 3.37. The smallest absolute Gasteiger partial charge is 0.239 e. The van der Waals surface area contributed by atoms with Gasteiger partial charge in [-0.3, -0.25) is 20.4 Å². The van der Waals surface area contributed by atoms with Crippen LogP contribution in [0.25, 0.3) is 0 Å². The quantitative estimate of drug-likeness (QED) is 0.538. The van der Waals surface area contributed by atoms with Crippen molar-refractivity contribution >= 4 is 5.91 Å². The summed E-state index contributed by atoms with van der Waals surface area (Å²) in [5.74, 6) is 0.830. The van der Waals surface area contributed by atoms with Crippen LogP contribution in [0.15, 0.2) is 0 Å². The van der Waals surface area contributed by atoms with Gasteiger partial charge in [-0.25, -0.2) is 5.01 Å². The third kappa shape index (κ3) is 4.55. The molecule has 4 aliphatic rings. The van der Waals surface area contributed by atoms with Gasteiger partial charge in [0.2, 0.25) is 5.91 Å². The van der Waals surface area contributed by atoms with Crippen LogP contribution in [0.1, 0.15) is 45.4 Å². The number of carbonyl (C=O) groups excluding carboxylic acids is 1. The molecule has 1 saturated carbocycles. The van der Waals surface area contributed by atoms with Crippen LogP contribution in [0.2, 0.25) is 0 Å². The van der Waals surface area contributed by atoms with E-state index in [0.29, 0.717) is 6.42 Å². The van der Waals surface area contributed by atoms with Crippen molar-refractivity contribution in [1.82, 2.24) is 26.5 Å². The molecule has 1 amide bonds. The molecule has 4 fully saturated rings. The number of hydrogen-bond acceptors (Lipinski definition) is 7. The number of nitrogens with zero attached hydrogens (tertiary/aromatic N) is 1. The van der Waals surface area contributed by atoms with Crippen LogP contribution in [0.4, 0.5) is 0 Å². The molecule has 0 spiro atoms. The Morgan fingerprint density at radius 3 is 2.81 bits per heavy atom. The topological polar surface area (TPSA) is 86.9 Å². The molecule has 4 N–H and O–H groups in total. The highest BCUT2D eigenvalue weighted by Crippen LogP contribution is 2.24. The van der Waals surface area contributed by atoms with Crippen LogP contribution in [0.3, 0.4) is 0 Å². The standard InChI is InChI=1S/C18H33N5O3/c1-12-19-9-17(25-12)16-7-15(22-26-16)18(24)21-14-8-20-23(11-14)10-13-5-3-2-4-6-13/h12-17,19-20,22H,2-11H2,1H3,(H,21,24). The fraction of sp³-hybridized carbons (Fsp3) is 0.944. The highest BCUT2D eigenvalue weighted by atomic mass is 16.7. The minimum atomic E-state index is -0.299. The van der Waals surface area contributed by atoms with Gasteiger partial charge in [0, 0.05) is 32.6 Å². The van der Waals surface area contributed by atoms with Crippen molar-refractivity contribution in [2.45, 2.75) is 76.0 Å². The number of amides is 1. The number of hydrazine groups is 1. The predicted molar refractivity (Wildman–Crippen MR) is 96.8 cm³/mol. The van der Waals surface area contributed by atoms with Crippen molar-refractivity contribution < 1.29 is 14.4 Å². The number of rotatable bonds is 5. The van der Waals surface area contributed by atoms with E-state index in [1.165, 1.54) is 32.1 Å². The lowest BCUT2D eigenvalue weighted by molar-refractivity contribution is -0.125. The molecule has 0 bridgehead atoms. The number of carbonyl (C=O) groups is 1. The Hall–Kier alpha value is -0.770. The van der Waals surface area contributed by atoms with Gasteiger partial charge in [0.1, 0.15) is 24.5 Å². The molecule has 8 nitrogen and oxygen atoms in total. The maximum Gasteiger partial charge on any atom is 0.239 e. The second kappa shape index (κ2) is 8.50. The lowest BCUT2D eigenvalue weighted by Gasteiger charge is -2.26. The number of ether oxygens (including phenoxy) is 1. The molecule has 0 radical (unpaired) electrons. The van der Waals surface area contributed by atoms with Gasteiger partial charge in [-0.15, -0.1) is 0 Å². The van der Waals surface area contributed by atoms with Gasteiger partial charge in [0.15, 0.2) is 0 Å². The molecule has 0 aromatic carbocycles. The summed E-state index contributed by atoms with van der Waals surface area (Å²) in [5.41, 5.74) is 6.34. The van der Waals surface area contributed by atoms with Gasteiger partial charge < -0.3 is 10.1 Å². The Kier molecular flexibility index (Phi) is 6.07. The van der Waals surface area contributed by atoms with Crippen molar-refractivity contribution in [3.8, 4) is 0 Å². The van der Waals surface area contributed by atoms with Gasteiger partial charge in [-0.2, -0.15) is 5.48 Å². The molecule has 1 aliphatic carbocycles. The molecule has 3 aliphatic heterocycles. The molecular formula is C18H33N5O3. The van der Waals surface area contributed by atoms with Crippen molar-refractivity contribution in [2.24, 2.45) is 5.92 Å². The Labute approximate surface area is 155 Å². The summed E-state index contributed by atoms with van der Waals surface area (Å²) in [6, 6.07) is -0.136. The third-order valence-electron chi connectivity index (χ3n) is 6.10. The normalized spacial score (nSPS) is 39.5. The highest BCUT2D eigenvalue weighted by molar-refractivity contribution is 5.82. The largest absolute Gasteiger partial charge is 0.356 e. The van der Waals surface area contributed by atoms with Crippen LogP contribution in [0, 0.1) is 5.92 Å². The van der Waals surface area contributed by atoms with Crippen LogP contribution < -0.4 is 21.5 Å². The average molecular weight is 367 g/mol. The summed E-state index contributed by atoms with van der Waals surface area (Å²) >= 11 is 0. The zero-order valence-corrected chi connectivity index (χ0v) is 15.7. The molecule has 3 heterocycles. The first-order chi connectivity index (χ1) is 12.7. The highest BCUT2D eigenvalue weighted by Gasteiger charge is 2.39. The Morgan fingerprint density at radius 1 is 1.19 bits per heavy atom. The maximum absolute atomic E-state index is 12.6. The summed E-state index contributed by atoms with van der Waals surface area (Å²) in [6.07, 6.45) is 7.45. The lowest BCUT2D eigenvalue weighted by Crippen LogP contribution is -2.47. The minimum absolute atomic E-state index is 0.00873. The van der Waals surface area contributed by atoms with Gasteiger partial charge in [-0.05, 0) is 25.7 Å². The molecule has 148 valence electrons. The zero-order chi connectivity index (χ0) is 17.9. The first-order valence-corrected chi connectivity index (χ1v) is 10.3. The van der Waals surface area contributed by atoms with Crippen LogP contribution in [-0.2, 0) is 14.4 Å². The molecule has 4 rings (SSSR count). The molecular weight excluding hydrogens is 334 g/mol. The number of hydroxylamine groups is 1. The number of nitrogens with one attached hydrogen (secondary N) is 4. The second-order valence-corrected chi connectivity index (χ2v) is 8.26. The first kappa shape index (κ1) is 18.6. The van der Waals surface area contributed by atoms with Gasteiger partial charge in [0.25, 0.3) is 0 Å². The van der Waals surface area contributed by atoms with Crippen LogP contribution in [0.5, 0.6) is 0 Å². The Morgan fingerprint density at radius 2 is 2.04 bits per heavy atom. The van der Waals surface area contributed by atoms with Gasteiger partial charge in [-0.1, -0.05) is 19.3 Å². The van der Waals surface area contributed by atoms with E-state index in [1.807, 2.05) is 6.92 Å². The molecule has 5 unspecified atom stereocenters. The third-order valence-corrected chi connectivity index (χ3v) is 6.10. The van der Waals surface area contributed by atoms with Crippen LogP contribution in [-0.4, -0.2) is 67.6 Å². The van der Waals surface area contributed by atoms with E-state index in [9.17, 15) is 4.79 Å². The van der Waals surface area contributed by atoms with E-state index in [0.717, 1.165) is 32.1 Å². The number of hydrogen-bond donors (Lipinski definition) is 4. The Bertz CT molecular complexity index is 487. The summed E-state index contributed by atoms with van der Waals surface area (Å²) < 4.78 is 5.77. The summed E-state index contributed by atoms with van der Waals surface area (Å²) in [6.45, 7) is 5.54. The minimum Gasteiger partial charge on any atom is -0.356 e. The monoisotopic (exact) mass is 367 g/mol. The molecule has 0 aromatic rings. The van der Waals surface area contributed by atoms with E-state index < -0.39 is 0 Å². The van der Waals surface area contributed by atoms with Gasteiger partial charge >= 0.3 is 0 Å². The van der Waals surface area contributed by atoms with E-state index >= 15 is 0 Å². The molecule has 5 atom stereocenters. The van der Waals surface area contributed by atoms with Gasteiger partial charge in [0.05, 0.1) is 6.04 Å². The van der Waals surface area contributed by atoms with E-state index in [4.69, 9.17) is 9.57 Å². The second-order valence-electron chi connectivity index (χ2n) is 8.26. The maximum atomic E-state index is 12.6. The van der Waals surface area contributed by atoms with Crippen LogP contribution >= 0.6 is 0 Å². The summed E-state index contributed by atoms with van der Waals surface area (Å²) in [4.78, 5) is 18.2. The van der Waals surface area contributed by atoms with Crippen molar-refractivity contribution in [3.63, 3.8) is 0 Å². The summed E-state index contributed by atoms with van der Waals surface area (Å²) in [5, 5.41) is 8.70. The fourth-order valence-corrected chi connectivity index (χ4v) is 4.60. The Balaban J connectivity index is 1.18. The SMILES string of the molecule is CC1NCC(C2CC(C(=O)NC3CNN(CC4CCCCC4)C3)NO2)O1. The summed E-state index contributed by atoms with van der Waals surface area (Å²) in [7, 11) is 0. The first-order valence-electron chi connectivity index (χ1n) is 10.3. The van der Waals surface area contributed by atoms with Crippen molar-refractivity contribution in [1.29, 1.82) is 0 Å².